The molecule has 1 amide bonds. The molecule has 1 aliphatic heterocycles. The van der Waals surface area contributed by atoms with E-state index in [2.05, 4.69) is 16.9 Å². The lowest BCUT2D eigenvalue weighted by Crippen LogP contribution is -2.49. The molecule has 0 spiro atoms. The van der Waals surface area contributed by atoms with Gasteiger partial charge in [-0.25, -0.2) is 9.48 Å². The van der Waals surface area contributed by atoms with Crippen molar-refractivity contribution in [2.24, 2.45) is 0 Å². The average molecular weight is 289 g/mol. The minimum Gasteiger partial charge on any atom is -0.339 e. The van der Waals surface area contributed by atoms with E-state index in [1.165, 1.54) is 9.08 Å². The molecule has 2 aromatic heterocycles. The Kier molecular flexibility index (Phi) is 3.74. The highest BCUT2D eigenvalue weighted by Crippen LogP contribution is 2.03. The van der Waals surface area contributed by atoms with E-state index in [0.29, 0.717) is 5.65 Å². The van der Waals surface area contributed by atoms with Crippen molar-refractivity contribution < 1.29 is 4.79 Å². The van der Waals surface area contributed by atoms with Crippen molar-refractivity contribution >= 4 is 11.6 Å². The molecule has 0 saturated carbocycles. The summed E-state index contributed by atoms with van der Waals surface area (Å²) in [7, 11) is 0. The van der Waals surface area contributed by atoms with Crippen molar-refractivity contribution in [2.45, 2.75) is 13.5 Å². The van der Waals surface area contributed by atoms with Gasteiger partial charge in [-0.05, 0) is 18.7 Å². The van der Waals surface area contributed by atoms with Crippen LogP contribution in [-0.2, 0) is 11.3 Å². The Morgan fingerprint density at radius 1 is 1.24 bits per heavy atom. The number of carbonyl (C=O) groups excluding carboxylic acids is 1. The second kappa shape index (κ2) is 5.69. The molecule has 1 saturated heterocycles. The molecule has 0 unspecified atom stereocenters. The number of aromatic nitrogens is 3. The molecule has 7 heteroatoms. The van der Waals surface area contributed by atoms with Gasteiger partial charge in [0.2, 0.25) is 5.91 Å². The summed E-state index contributed by atoms with van der Waals surface area (Å²) in [4.78, 5) is 28.5. The van der Waals surface area contributed by atoms with Crippen molar-refractivity contribution in [3.05, 3.63) is 34.9 Å². The largest absolute Gasteiger partial charge is 0.350 e. The first kappa shape index (κ1) is 13.8. The molecule has 2 aromatic rings. The molecule has 3 rings (SSSR count). The molecule has 0 radical (unpaired) electrons. The van der Waals surface area contributed by atoms with Crippen LogP contribution in [0.4, 0.5) is 0 Å². The summed E-state index contributed by atoms with van der Waals surface area (Å²) in [6, 6.07) is 5.34. The number of fused-ring (bicyclic) bond motifs is 1. The Balaban J connectivity index is 1.72. The highest BCUT2D eigenvalue weighted by atomic mass is 16.2. The lowest BCUT2D eigenvalue weighted by atomic mass is 10.3. The number of carbonyl (C=O) groups is 1. The van der Waals surface area contributed by atoms with E-state index in [1.54, 1.807) is 18.3 Å². The Morgan fingerprint density at radius 3 is 2.67 bits per heavy atom. The summed E-state index contributed by atoms with van der Waals surface area (Å²) in [5.74, 6) is -0.0451. The summed E-state index contributed by atoms with van der Waals surface area (Å²) in [6.07, 6.45) is 1.66. The number of piperazine rings is 1. The van der Waals surface area contributed by atoms with Crippen molar-refractivity contribution in [2.75, 3.05) is 32.7 Å². The second-order valence-corrected chi connectivity index (χ2v) is 5.18. The first-order valence-electron chi connectivity index (χ1n) is 7.23. The summed E-state index contributed by atoms with van der Waals surface area (Å²) >= 11 is 0. The third kappa shape index (κ3) is 2.69. The Bertz CT molecular complexity index is 697. The quantitative estimate of drug-likeness (QED) is 0.775. The maximum absolute atomic E-state index is 12.3. The smallest absolute Gasteiger partial charge is 0.339 e. The van der Waals surface area contributed by atoms with Gasteiger partial charge in [0.05, 0.1) is 0 Å². The van der Waals surface area contributed by atoms with E-state index in [4.69, 9.17) is 0 Å². The van der Waals surface area contributed by atoms with Gasteiger partial charge in [-0.2, -0.15) is 0 Å². The number of pyridine rings is 1. The highest BCUT2D eigenvalue weighted by molar-refractivity contribution is 5.76. The van der Waals surface area contributed by atoms with Crippen LogP contribution in [0, 0.1) is 0 Å². The number of hydrogen-bond donors (Lipinski definition) is 0. The van der Waals surface area contributed by atoms with Gasteiger partial charge in [0.25, 0.3) is 0 Å². The zero-order valence-electron chi connectivity index (χ0n) is 12.1. The van der Waals surface area contributed by atoms with Crippen LogP contribution in [0.5, 0.6) is 0 Å². The number of amides is 1. The van der Waals surface area contributed by atoms with E-state index in [9.17, 15) is 9.59 Å². The molecule has 3 heterocycles. The van der Waals surface area contributed by atoms with Gasteiger partial charge >= 0.3 is 5.69 Å². The van der Waals surface area contributed by atoms with E-state index in [-0.39, 0.29) is 18.1 Å². The minimum absolute atomic E-state index is 0.00659. The summed E-state index contributed by atoms with van der Waals surface area (Å²) < 4.78 is 2.69. The lowest BCUT2D eigenvalue weighted by molar-refractivity contribution is -0.133. The zero-order valence-corrected chi connectivity index (χ0v) is 12.1. The van der Waals surface area contributed by atoms with Gasteiger partial charge < -0.3 is 9.80 Å². The standard InChI is InChI=1S/C14H19N5O2/c1-2-16-7-9-17(10-8-16)13(20)11-19-14(21)18-6-4-3-5-12(18)15-19/h3-6H,2,7-11H2,1H3. The Morgan fingerprint density at radius 2 is 2.00 bits per heavy atom. The van der Waals surface area contributed by atoms with Crippen molar-refractivity contribution in [1.29, 1.82) is 0 Å². The average Bonchev–Trinajstić information content (AvgIpc) is 2.84. The van der Waals surface area contributed by atoms with Gasteiger partial charge in [-0.1, -0.05) is 13.0 Å². The highest BCUT2D eigenvalue weighted by Gasteiger charge is 2.21. The van der Waals surface area contributed by atoms with Gasteiger partial charge in [0.1, 0.15) is 6.54 Å². The zero-order chi connectivity index (χ0) is 14.8. The number of nitrogens with zero attached hydrogens (tertiary/aromatic N) is 5. The third-order valence-electron chi connectivity index (χ3n) is 3.95. The SMILES string of the molecule is CCN1CCN(C(=O)Cn2nc3ccccn3c2=O)CC1. The summed E-state index contributed by atoms with van der Waals surface area (Å²) in [6.45, 7) is 6.35. The molecule has 0 bridgehead atoms. The summed E-state index contributed by atoms with van der Waals surface area (Å²) in [5, 5.41) is 4.19. The topological polar surface area (TPSA) is 62.9 Å². The predicted octanol–water partition coefficient (Wildman–Crippen LogP) is -0.340. The first-order valence-corrected chi connectivity index (χ1v) is 7.23. The van der Waals surface area contributed by atoms with Crippen molar-refractivity contribution in [1.82, 2.24) is 24.0 Å². The first-order chi connectivity index (χ1) is 10.2. The summed E-state index contributed by atoms with van der Waals surface area (Å²) in [5.41, 5.74) is 0.289. The van der Waals surface area contributed by atoms with E-state index >= 15 is 0 Å². The lowest BCUT2D eigenvalue weighted by Gasteiger charge is -2.33. The van der Waals surface area contributed by atoms with Crippen LogP contribution >= 0.6 is 0 Å². The van der Waals surface area contributed by atoms with Crippen LogP contribution in [-0.4, -0.2) is 62.6 Å². The molecule has 112 valence electrons. The van der Waals surface area contributed by atoms with Crippen LogP contribution in [0.2, 0.25) is 0 Å². The predicted molar refractivity (Wildman–Crippen MR) is 78.1 cm³/mol. The fraction of sp³-hybridized carbons (Fsp3) is 0.500. The molecular weight excluding hydrogens is 270 g/mol. The molecular formula is C14H19N5O2. The van der Waals surface area contributed by atoms with Gasteiger partial charge in [-0.15, -0.1) is 5.10 Å². The number of hydrogen-bond acceptors (Lipinski definition) is 4. The molecule has 1 fully saturated rings. The van der Waals surface area contributed by atoms with Crippen molar-refractivity contribution in [3.63, 3.8) is 0 Å². The molecule has 1 aliphatic rings. The van der Waals surface area contributed by atoms with Crippen molar-refractivity contribution in [3.8, 4) is 0 Å². The molecule has 21 heavy (non-hydrogen) atoms. The molecule has 7 nitrogen and oxygen atoms in total. The molecule has 0 atom stereocenters. The minimum atomic E-state index is -0.272. The van der Waals surface area contributed by atoms with Gasteiger partial charge in [0.15, 0.2) is 5.65 Å². The maximum atomic E-state index is 12.3. The fourth-order valence-electron chi connectivity index (χ4n) is 2.61. The normalized spacial score (nSPS) is 16.5. The van der Waals surface area contributed by atoms with E-state index < -0.39 is 0 Å². The van der Waals surface area contributed by atoms with E-state index in [1.807, 2.05) is 11.0 Å². The van der Waals surface area contributed by atoms with Gasteiger partial charge in [-0.3, -0.25) is 9.20 Å². The van der Waals surface area contributed by atoms with Crippen LogP contribution < -0.4 is 5.69 Å². The molecule has 0 N–H and O–H groups in total. The maximum Gasteiger partial charge on any atom is 0.350 e. The number of likely N-dealkylation sites (N-methyl/N-ethyl adjacent to an activating group) is 1. The van der Waals surface area contributed by atoms with Crippen LogP contribution in [0.3, 0.4) is 0 Å². The van der Waals surface area contributed by atoms with Gasteiger partial charge in [0, 0.05) is 32.4 Å². The number of rotatable bonds is 3. The molecule has 0 aromatic carbocycles. The fourth-order valence-corrected chi connectivity index (χ4v) is 2.61. The monoisotopic (exact) mass is 289 g/mol. The van der Waals surface area contributed by atoms with E-state index in [0.717, 1.165) is 32.7 Å². The molecule has 0 aliphatic carbocycles. The van der Waals surface area contributed by atoms with Crippen LogP contribution in [0.25, 0.3) is 5.65 Å². The Labute approximate surface area is 122 Å². The Hall–Kier alpha value is -2.15. The van der Waals surface area contributed by atoms with Crippen LogP contribution in [0.15, 0.2) is 29.2 Å². The van der Waals surface area contributed by atoms with Crippen LogP contribution in [0.1, 0.15) is 6.92 Å². The third-order valence-corrected chi connectivity index (χ3v) is 3.95. The second-order valence-electron chi connectivity index (χ2n) is 5.18.